The Labute approximate surface area is 164 Å². The van der Waals surface area contributed by atoms with Crippen LogP contribution in [-0.2, 0) is 16.2 Å². The lowest BCUT2D eigenvalue weighted by Crippen LogP contribution is -2.43. The van der Waals surface area contributed by atoms with Crippen molar-refractivity contribution in [2.75, 3.05) is 7.11 Å². The van der Waals surface area contributed by atoms with Crippen LogP contribution in [0.1, 0.15) is 25.0 Å². The SMILES string of the molecule is COc1cc(/C=C/C(=O)N[C@H](C(=O)O)C(C)C)ccc1OCc1ccccc1. The first-order valence-electron chi connectivity index (χ1n) is 8.97. The molecule has 2 aromatic carbocycles. The van der Waals surface area contributed by atoms with Crippen molar-refractivity contribution in [2.24, 2.45) is 5.92 Å². The summed E-state index contributed by atoms with van der Waals surface area (Å²) < 4.78 is 11.2. The maximum atomic E-state index is 12.0. The number of carboxylic acids is 1. The Hall–Kier alpha value is -3.28. The van der Waals surface area contributed by atoms with Gasteiger partial charge in [0.05, 0.1) is 7.11 Å². The van der Waals surface area contributed by atoms with Gasteiger partial charge in [0, 0.05) is 6.08 Å². The van der Waals surface area contributed by atoms with Crippen LogP contribution in [-0.4, -0.2) is 30.1 Å². The van der Waals surface area contributed by atoms with E-state index in [4.69, 9.17) is 14.6 Å². The molecule has 0 saturated carbocycles. The minimum Gasteiger partial charge on any atom is -0.493 e. The Kier molecular flexibility index (Phi) is 7.63. The Morgan fingerprint density at radius 1 is 1.11 bits per heavy atom. The number of nitrogens with one attached hydrogen (secondary N) is 1. The van der Waals surface area contributed by atoms with Crippen molar-refractivity contribution in [1.29, 1.82) is 0 Å². The second-order valence-electron chi connectivity index (χ2n) is 6.59. The molecule has 0 aliphatic heterocycles. The molecule has 28 heavy (non-hydrogen) atoms. The molecule has 0 fully saturated rings. The Bertz CT molecular complexity index is 830. The van der Waals surface area contributed by atoms with Gasteiger partial charge in [-0.2, -0.15) is 0 Å². The number of methoxy groups -OCH3 is 1. The molecule has 148 valence electrons. The van der Waals surface area contributed by atoms with Crippen molar-refractivity contribution in [3.05, 3.63) is 65.7 Å². The van der Waals surface area contributed by atoms with Gasteiger partial charge < -0.3 is 19.9 Å². The van der Waals surface area contributed by atoms with Gasteiger partial charge in [0.25, 0.3) is 0 Å². The van der Waals surface area contributed by atoms with Gasteiger partial charge in [-0.25, -0.2) is 4.79 Å². The standard InChI is InChI=1S/C22H25NO5/c1-15(2)21(22(25)26)23-20(24)12-10-16-9-11-18(19(13-16)27-3)28-14-17-7-5-4-6-8-17/h4-13,15,21H,14H2,1-3H3,(H,23,24)(H,25,26)/b12-10+/t21-/m0/s1. The predicted octanol–water partition coefficient (Wildman–Crippen LogP) is 3.51. The normalized spacial score (nSPS) is 12.0. The molecule has 0 unspecified atom stereocenters. The van der Waals surface area contributed by atoms with Crippen LogP contribution in [0.5, 0.6) is 11.5 Å². The van der Waals surface area contributed by atoms with Gasteiger partial charge in [-0.05, 0) is 35.3 Å². The fraction of sp³-hybridized carbons (Fsp3) is 0.273. The fourth-order valence-electron chi connectivity index (χ4n) is 2.53. The van der Waals surface area contributed by atoms with Crippen LogP contribution in [0.15, 0.2) is 54.6 Å². The van der Waals surface area contributed by atoms with E-state index in [0.717, 1.165) is 11.1 Å². The summed E-state index contributed by atoms with van der Waals surface area (Å²) in [6.45, 7) is 3.89. The molecule has 1 amide bonds. The number of hydrogen-bond acceptors (Lipinski definition) is 4. The van der Waals surface area contributed by atoms with Crippen LogP contribution in [0.2, 0.25) is 0 Å². The zero-order chi connectivity index (χ0) is 20.5. The largest absolute Gasteiger partial charge is 0.493 e. The van der Waals surface area contributed by atoms with Crippen LogP contribution < -0.4 is 14.8 Å². The van der Waals surface area contributed by atoms with Gasteiger partial charge in [0.15, 0.2) is 11.5 Å². The molecule has 0 bridgehead atoms. The molecular weight excluding hydrogens is 358 g/mol. The summed E-state index contributed by atoms with van der Waals surface area (Å²) in [4.78, 5) is 23.2. The molecular formula is C22H25NO5. The summed E-state index contributed by atoms with van der Waals surface area (Å²) in [6, 6.07) is 14.2. The van der Waals surface area contributed by atoms with Crippen molar-refractivity contribution >= 4 is 18.0 Å². The van der Waals surface area contributed by atoms with E-state index in [2.05, 4.69) is 5.32 Å². The third-order valence-electron chi connectivity index (χ3n) is 4.08. The molecule has 2 N–H and O–H groups in total. The van der Waals surface area contributed by atoms with E-state index in [1.165, 1.54) is 6.08 Å². The first kappa shape index (κ1) is 21.0. The van der Waals surface area contributed by atoms with E-state index in [1.807, 2.05) is 30.3 Å². The van der Waals surface area contributed by atoms with E-state index in [-0.39, 0.29) is 5.92 Å². The molecule has 0 aliphatic carbocycles. The maximum Gasteiger partial charge on any atom is 0.326 e. The van der Waals surface area contributed by atoms with Crippen LogP contribution in [0, 0.1) is 5.92 Å². The number of amides is 1. The highest BCUT2D eigenvalue weighted by molar-refractivity contribution is 5.94. The van der Waals surface area contributed by atoms with Gasteiger partial charge in [0.2, 0.25) is 5.91 Å². The molecule has 0 radical (unpaired) electrons. The monoisotopic (exact) mass is 383 g/mol. The van der Waals surface area contributed by atoms with Gasteiger partial charge in [0.1, 0.15) is 12.6 Å². The van der Waals surface area contributed by atoms with Crippen LogP contribution in [0.25, 0.3) is 6.08 Å². The summed E-state index contributed by atoms with van der Waals surface area (Å²) in [7, 11) is 1.55. The second kappa shape index (κ2) is 10.2. The number of benzene rings is 2. The zero-order valence-electron chi connectivity index (χ0n) is 16.2. The summed E-state index contributed by atoms with van der Waals surface area (Å²) in [5.74, 6) is -0.596. The van der Waals surface area contributed by atoms with Crippen molar-refractivity contribution in [2.45, 2.75) is 26.5 Å². The quantitative estimate of drug-likeness (QED) is 0.647. The van der Waals surface area contributed by atoms with Crippen LogP contribution in [0.4, 0.5) is 0 Å². The lowest BCUT2D eigenvalue weighted by atomic mass is 10.0. The first-order chi connectivity index (χ1) is 13.4. The number of carbonyl (C=O) groups excluding carboxylic acids is 1. The van der Waals surface area contributed by atoms with Crippen molar-refractivity contribution < 1.29 is 24.2 Å². The minimum atomic E-state index is -1.06. The number of aliphatic carboxylic acids is 1. The molecule has 0 saturated heterocycles. The number of ether oxygens (including phenoxy) is 2. The van der Waals surface area contributed by atoms with Crippen molar-refractivity contribution in [3.63, 3.8) is 0 Å². The Morgan fingerprint density at radius 3 is 2.43 bits per heavy atom. The summed E-state index contributed by atoms with van der Waals surface area (Å²) in [6.07, 6.45) is 2.90. The molecule has 6 nitrogen and oxygen atoms in total. The number of hydrogen-bond donors (Lipinski definition) is 2. The zero-order valence-corrected chi connectivity index (χ0v) is 16.2. The van der Waals surface area contributed by atoms with Crippen LogP contribution in [0.3, 0.4) is 0 Å². The summed E-state index contributed by atoms with van der Waals surface area (Å²) in [5.41, 5.74) is 1.78. The Balaban J connectivity index is 2.03. The number of carboxylic acid groups (broad SMARTS) is 1. The van der Waals surface area contributed by atoms with Gasteiger partial charge >= 0.3 is 5.97 Å². The topological polar surface area (TPSA) is 84.9 Å². The van der Waals surface area contributed by atoms with Gasteiger partial charge in [-0.1, -0.05) is 50.2 Å². The van der Waals surface area contributed by atoms with Crippen molar-refractivity contribution in [3.8, 4) is 11.5 Å². The van der Waals surface area contributed by atoms with E-state index < -0.39 is 17.9 Å². The third kappa shape index (κ3) is 6.16. The molecule has 0 spiro atoms. The van der Waals surface area contributed by atoms with E-state index in [0.29, 0.717) is 18.1 Å². The van der Waals surface area contributed by atoms with Crippen molar-refractivity contribution in [1.82, 2.24) is 5.32 Å². The number of carbonyl (C=O) groups is 2. The van der Waals surface area contributed by atoms with E-state index in [9.17, 15) is 9.59 Å². The highest BCUT2D eigenvalue weighted by atomic mass is 16.5. The average molecular weight is 383 g/mol. The fourth-order valence-corrected chi connectivity index (χ4v) is 2.53. The Morgan fingerprint density at radius 2 is 1.82 bits per heavy atom. The van der Waals surface area contributed by atoms with E-state index >= 15 is 0 Å². The van der Waals surface area contributed by atoms with Gasteiger partial charge in [-0.3, -0.25) is 4.79 Å². The van der Waals surface area contributed by atoms with E-state index in [1.54, 1.807) is 45.2 Å². The molecule has 6 heteroatoms. The summed E-state index contributed by atoms with van der Waals surface area (Å²) >= 11 is 0. The lowest BCUT2D eigenvalue weighted by molar-refractivity contribution is -0.142. The molecule has 2 aromatic rings. The maximum absolute atomic E-state index is 12.0. The summed E-state index contributed by atoms with van der Waals surface area (Å²) in [5, 5.41) is 11.6. The molecule has 0 heterocycles. The predicted molar refractivity (Wildman–Crippen MR) is 107 cm³/mol. The lowest BCUT2D eigenvalue weighted by Gasteiger charge is -2.16. The third-order valence-corrected chi connectivity index (χ3v) is 4.08. The molecule has 1 atom stereocenters. The van der Waals surface area contributed by atoms with Gasteiger partial charge in [-0.15, -0.1) is 0 Å². The average Bonchev–Trinajstić information content (AvgIpc) is 2.69. The second-order valence-corrected chi connectivity index (χ2v) is 6.59. The number of rotatable bonds is 9. The first-order valence-corrected chi connectivity index (χ1v) is 8.97. The molecule has 0 aromatic heterocycles. The molecule has 0 aliphatic rings. The highest BCUT2D eigenvalue weighted by Gasteiger charge is 2.22. The minimum absolute atomic E-state index is 0.212. The molecule has 2 rings (SSSR count). The van der Waals surface area contributed by atoms with Crippen LogP contribution >= 0.6 is 0 Å². The smallest absolute Gasteiger partial charge is 0.326 e. The highest BCUT2D eigenvalue weighted by Crippen LogP contribution is 2.29.